The van der Waals surface area contributed by atoms with E-state index in [2.05, 4.69) is 20.8 Å². The quantitative estimate of drug-likeness (QED) is 0.744. The molecule has 1 heterocycles. The summed E-state index contributed by atoms with van der Waals surface area (Å²) in [6.07, 6.45) is -0.141. The minimum atomic E-state index is -0.959. The zero-order chi connectivity index (χ0) is 15.3. The molecule has 112 valence electrons. The number of hydrogen-bond acceptors (Lipinski definition) is 5. The first-order valence-electron chi connectivity index (χ1n) is 6.24. The third kappa shape index (κ3) is 5.25. The number of carbonyl (C=O) groups excluding carboxylic acids is 1. The predicted molar refractivity (Wildman–Crippen MR) is 69.9 cm³/mol. The van der Waals surface area contributed by atoms with Crippen molar-refractivity contribution in [2.45, 2.75) is 46.7 Å². The number of rotatable bonds is 5. The standard InChI is InChI=1S/C12H20N4O4/c1-7-14-9(16-20-7)6-13-11(19)15-8(5-10(17)18)12(2,3)4/h8H,5-6H2,1-4H3,(H,17,18)(H2,13,15,19). The molecular weight excluding hydrogens is 264 g/mol. The number of amides is 2. The van der Waals surface area contributed by atoms with Crippen LogP contribution in [0.25, 0.3) is 0 Å². The highest BCUT2D eigenvalue weighted by Gasteiger charge is 2.28. The number of urea groups is 1. The number of aryl methyl sites for hydroxylation is 1. The van der Waals surface area contributed by atoms with Gasteiger partial charge in [-0.15, -0.1) is 0 Å². The van der Waals surface area contributed by atoms with Gasteiger partial charge in [-0.2, -0.15) is 4.98 Å². The van der Waals surface area contributed by atoms with E-state index in [1.807, 2.05) is 20.8 Å². The zero-order valence-electron chi connectivity index (χ0n) is 12.1. The predicted octanol–water partition coefficient (Wildman–Crippen LogP) is 1.07. The summed E-state index contributed by atoms with van der Waals surface area (Å²) in [4.78, 5) is 26.5. The molecule has 2 amide bonds. The van der Waals surface area contributed by atoms with Crippen LogP contribution in [0.2, 0.25) is 0 Å². The van der Waals surface area contributed by atoms with Crippen LogP contribution in [0.5, 0.6) is 0 Å². The van der Waals surface area contributed by atoms with E-state index in [-0.39, 0.29) is 18.4 Å². The molecule has 0 bridgehead atoms. The van der Waals surface area contributed by atoms with Gasteiger partial charge >= 0.3 is 12.0 Å². The Bertz CT molecular complexity index is 478. The molecule has 0 aromatic carbocycles. The molecular formula is C12H20N4O4. The van der Waals surface area contributed by atoms with E-state index in [4.69, 9.17) is 9.63 Å². The van der Waals surface area contributed by atoms with Gasteiger partial charge in [-0.3, -0.25) is 4.79 Å². The number of carboxylic acids is 1. The molecule has 8 heteroatoms. The number of carbonyl (C=O) groups is 2. The number of nitrogens with one attached hydrogen (secondary N) is 2. The van der Waals surface area contributed by atoms with E-state index in [1.165, 1.54) is 0 Å². The van der Waals surface area contributed by atoms with Crippen LogP contribution < -0.4 is 10.6 Å². The number of nitrogens with zero attached hydrogens (tertiary/aromatic N) is 2. The summed E-state index contributed by atoms with van der Waals surface area (Å²) in [7, 11) is 0. The van der Waals surface area contributed by atoms with Crippen LogP contribution >= 0.6 is 0 Å². The van der Waals surface area contributed by atoms with Gasteiger partial charge in [0.05, 0.1) is 13.0 Å². The van der Waals surface area contributed by atoms with Crippen LogP contribution in [0, 0.1) is 12.3 Å². The van der Waals surface area contributed by atoms with E-state index < -0.39 is 18.0 Å². The lowest BCUT2D eigenvalue weighted by molar-refractivity contribution is -0.138. The number of aromatic nitrogens is 2. The third-order valence-corrected chi connectivity index (χ3v) is 2.71. The Balaban J connectivity index is 2.51. The largest absolute Gasteiger partial charge is 0.481 e. The Labute approximate surface area is 116 Å². The monoisotopic (exact) mass is 284 g/mol. The normalized spacial score (nSPS) is 12.8. The third-order valence-electron chi connectivity index (χ3n) is 2.71. The Hall–Kier alpha value is -2.12. The maximum absolute atomic E-state index is 11.8. The average Bonchev–Trinajstić information content (AvgIpc) is 2.70. The molecule has 1 atom stereocenters. The fourth-order valence-electron chi connectivity index (χ4n) is 1.53. The smallest absolute Gasteiger partial charge is 0.315 e. The van der Waals surface area contributed by atoms with Gasteiger partial charge in [0.2, 0.25) is 5.89 Å². The first kappa shape index (κ1) is 15.9. The van der Waals surface area contributed by atoms with E-state index in [0.29, 0.717) is 11.7 Å². The molecule has 0 aliphatic rings. The molecule has 0 saturated carbocycles. The summed E-state index contributed by atoms with van der Waals surface area (Å²) in [5.74, 6) is -0.178. The zero-order valence-corrected chi connectivity index (χ0v) is 12.1. The topological polar surface area (TPSA) is 117 Å². The summed E-state index contributed by atoms with van der Waals surface area (Å²) < 4.78 is 4.77. The maximum atomic E-state index is 11.8. The summed E-state index contributed by atoms with van der Waals surface area (Å²) in [6.45, 7) is 7.36. The van der Waals surface area contributed by atoms with Gasteiger partial charge < -0.3 is 20.3 Å². The van der Waals surface area contributed by atoms with Crippen LogP contribution in [0.3, 0.4) is 0 Å². The highest BCUT2D eigenvalue weighted by atomic mass is 16.5. The van der Waals surface area contributed by atoms with Crippen molar-refractivity contribution >= 4 is 12.0 Å². The molecule has 1 rings (SSSR count). The van der Waals surface area contributed by atoms with Crippen molar-refractivity contribution in [1.82, 2.24) is 20.8 Å². The lowest BCUT2D eigenvalue weighted by Crippen LogP contribution is -2.48. The summed E-state index contributed by atoms with van der Waals surface area (Å²) in [5, 5.41) is 17.7. The minimum absolute atomic E-state index is 0.118. The average molecular weight is 284 g/mol. The van der Waals surface area contributed by atoms with E-state index >= 15 is 0 Å². The van der Waals surface area contributed by atoms with Crippen LogP contribution in [0.4, 0.5) is 4.79 Å². The van der Waals surface area contributed by atoms with Gasteiger partial charge in [0.1, 0.15) is 0 Å². The SMILES string of the molecule is Cc1nc(CNC(=O)NC(CC(=O)O)C(C)(C)C)no1. The van der Waals surface area contributed by atoms with Crippen molar-refractivity contribution in [3.63, 3.8) is 0 Å². The molecule has 1 aromatic heterocycles. The molecule has 0 radical (unpaired) electrons. The number of aliphatic carboxylic acids is 1. The summed E-state index contributed by atoms with van der Waals surface area (Å²) >= 11 is 0. The fourth-order valence-corrected chi connectivity index (χ4v) is 1.53. The van der Waals surface area contributed by atoms with E-state index in [1.54, 1.807) is 6.92 Å². The summed E-state index contributed by atoms with van der Waals surface area (Å²) in [6, 6.07) is -0.944. The van der Waals surface area contributed by atoms with Crippen molar-refractivity contribution in [3.05, 3.63) is 11.7 Å². The second-order valence-corrected chi connectivity index (χ2v) is 5.57. The Kier molecular flexibility index (Phi) is 5.06. The van der Waals surface area contributed by atoms with Gasteiger partial charge in [-0.05, 0) is 5.41 Å². The van der Waals surface area contributed by atoms with Gasteiger partial charge in [0.25, 0.3) is 0 Å². The molecule has 20 heavy (non-hydrogen) atoms. The summed E-state index contributed by atoms with van der Waals surface area (Å²) in [5.41, 5.74) is -0.363. The van der Waals surface area contributed by atoms with Crippen LogP contribution in [-0.4, -0.2) is 33.3 Å². The highest BCUT2D eigenvalue weighted by molar-refractivity contribution is 5.75. The number of hydrogen-bond donors (Lipinski definition) is 3. The number of carboxylic acid groups (broad SMARTS) is 1. The maximum Gasteiger partial charge on any atom is 0.315 e. The minimum Gasteiger partial charge on any atom is -0.481 e. The highest BCUT2D eigenvalue weighted by Crippen LogP contribution is 2.21. The lowest BCUT2D eigenvalue weighted by atomic mass is 9.85. The van der Waals surface area contributed by atoms with Gasteiger partial charge in [0, 0.05) is 13.0 Å². The van der Waals surface area contributed by atoms with E-state index in [0.717, 1.165) is 0 Å². The Morgan fingerprint density at radius 2 is 2.05 bits per heavy atom. The van der Waals surface area contributed by atoms with Crippen molar-refractivity contribution in [3.8, 4) is 0 Å². The van der Waals surface area contributed by atoms with Gasteiger partial charge in [-0.1, -0.05) is 25.9 Å². The second kappa shape index (κ2) is 6.36. The Morgan fingerprint density at radius 3 is 2.50 bits per heavy atom. The molecule has 0 spiro atoms. The molecule has 0 aliphatic heterocycles. The van der Waals surface area contributed by atoms with E-state index in [9.17, 15) is 9.59 Å². The second-order valence-electron chi connectivity index (χ2n) is 5.57. The fraction of sp³-hybridized carbons (Fsp3) is 0.667. The van der Waals surface area contributed by atoms with Crippen LogP contribution in [-0.2, 0) is 11.3 Å². The van der Waals surface area contributed by atoms with Gasteiger partial charge in [-0.25, -0.2) is 4.79 Å². The molecule has 0 fully saturated rings. The van der Waals surface area contributed by atoms with Crippen LogP contribution in [0.15, 0.2) is 4.52 Å². The molecule has 1 unspecified atom stereocenters. The van der Waals surface area contributed by atoms with Crippen molar-refractivity contribution in [2.75, 3.05) is 0 Å². The first-order valence-corrected chi connectivity index (χ1v) is 6.24. The van der Waals surface area contributed by atoms with Crippen molar-refractivity contribution in [1.29, 1.82) is 0 Å². The molecule has 8 nitrogen and oxygen atoms in total. The van der Waals surface area contributed by atoms with Crippen molar-refractivity contribution < 1.29 is 19.2 Å². The molecule has 1 aromatic rings. The molecule has 0 saturated heterocycles. The molecule has 3 N–H and O–H groups in total. The first-order chi connectivity index (χ1) is 9.18. The van der Waals surface area contributed by atoms with Crippen molar-refractivity contribution in [2.24, 2.45) is 5.41 Å². The van der Waals surface area contributed by atoms with Gasteiger partial charge in [0.15, 0.2) is 5.82 Å². The lowest BCUT2D eigenvalue weighted by Gasteiger charge is -2.30. The Morgan fingerprint density at radius 1 is 1.40 bits per heavy atom. The van der Waals surface area contributed by atoms with Crippen LogP contribution in [0.1, 0.15) is 38.9 Å². The molecule has 0 aliphatic carbocycles.